The number of aryl methyl sites for hydroxylation is 2. The molecule has 4 rings (SSSR count). The lowest BCUT2D eigenvalue weighted by molar-refractivity contribution is -0.141. The van der Waals surface area contributed by atoms with Crippen molar-refractivity contribution in [2.24, 2.45) is 0 Å². The summed E-state index contributed by atoms with van der Waals surface area (Å²) in [6, 6.07) is 8.28. The van der Waals surface area contributed by atoms with E-state index in [4.69, 9.17) is 4.74 Å². The number of aromatic nitrogens is 1. The number of anilines is 1. The first-order chi connectivity index (χ1) is 12.1. The molecule has 0 saturated carbocycles. The van der Waals surface area contributed by atoms with E-state index in [2.05, 4.69) is 4.98 Å². The number of pyridine rings is 1. The van der Waals surface area contributed by atoms with E-state index in [1.54, 1.807) is 12.1 Å². The molecule has 0 radical (unpaired) electrons. The van der Waals surface area contributed by atoms with Gasteiger partial charge in [0.25, 0.3) is 11.5 Å². The van der Waals surface area contributed by atoms with E-state index >= 15 is 0 Å². The van der Waals surface area contributed by atoms with Crippen LogP contribution in [-0.2, 0) is 28.8 Å². The van der Waals surface area contributed by atoms with Crippen molar-refractivity contribution in [1.82, 2.24) is 4.98 Å². The molecule has 1 aliphatic carbocycles. The minimum absolute atomic E-state index is 0.0752. The van der Waals surface area contributed by atoms with Crippen LogP contribution in [0, 0.1) is 0 Å². The third-order valence-corrected chi connectivity index (χ3v) is 4.99. The maximum atomic E-state index is 13.2. The van der Waals surface area contributed by atoms with Crippen LogP contribution in [0.1, 0.15) is 33.6 Å². The first-order valence-electron chi connectivity index (χ1n) is 8.34. The van der Waals surface area contributed by atoms with Crippen LogP contribution in [0.2, 0.25) is 0 Å². The second-order valence-corrected chi connectivity index (χ2v) is 6.42. The molecule has 0 unspecified atom stereocenters. The maximum absolute atomic E-state index is 13.2. The first kappa shape index (κ1) is 15.6. The van der Waals surface area contributed by atoms with Gasteiger partial charge in [0.2, 0.25) is 0 Å². The van der Waals surface area contributed by atoms with Gasteiger partial charge in [0, 0.05) is 17.8 Å². The largest absolute Gasteiger partial charge is 0.467 e. The van der Waals surface area contributed by atoms with E-state index in [0.29, 0.717) is 12.1 Å². The van der Waals surface area contributed by atoms with E-state index in [1.807, 2.05) is 18.2 Å². The summed E-state index contributed by atoms with van der Waals surface area (Å²) in [5.74, 6) is -0.946. The SMILES string of the molecule is COC(=O)[C@@H]1Cc2ccccc2N1C(=O)c1cc2c([nH]c1=O)CCC2. The molecule has 1 atom stereocenters. The molecule has 1 aliphatic heterocycles. The Bertz CT molecular complexity index is 931. The molecule has 0 bridgehead atoms. The van der Waals surface area contributed by atoms with E-state index in [1.165, 1.54) is 12.0 Å². The number of rotatable bonds is 2. The molecule has 2 heterocycles. The number of carbonyl (C=O) groups excluding carboxylic acids is 2. The van der Waals surface area contributed by atoms with Gasteiger partial charge in [-0.15, -0.1) is 0 Å². The Labute approximate surface area is 144 Å². The zero-order valence-corrected chi connectivity index (χ0v) is 13.9. The first-order valence-corrected chi connectivity index (χ1v) is 8.34. The van der Waals surface area contributed by atoms with Crippen LogP contribution in [0.3, 0.4) is 0 Å². The molecular formula is C19H18N2O4. The molecule has 128 valence electrons. The second-order valence-electron chi connectivity index (χ2n) is 6.42. The normalized spacial score (nSPS) is 18.0. The van der Waals surface area contributed by atoms with Crippen LogP contribution in [0.15, 0.2) is 35.1 Å². The number of H-pyrrole nitrogens is 1. The van der Waals surface area contributed by atoms with Crippen molar-refractivity contribution in [3.63, 3.8) is 0 Å². The van der Waals surface area contributed by atoms with Gasteiger partial charge in [-0.25, -0.2) is 4.79 Å². The van der Waals surface area contributed by atoms with Crippen LogP contribution >= 0.6 is 0 Å². The molecule has 6 heteroatoms. The van der Waals surface area contributed by atoms with Crippen molar-refractivity contribution < 1.29 is 14.3 Å². The number of amides is 1. The summed E-state index contributed by atoms with van der Waals surface area (Å²) >= 11 is 0. The van der Waals surface area contributed by atoms with Crippen molar-refractivity contribution in [2.45, 2.75) is 31.7 Å². The zero-order valence-electron chi connectivity index (χ0n) is 13.9. The number of hydrogen-bond acceptors (Lipinski definition) is 4. The highest BCUT2D eigenvalue weighted by Gasteiger charge is 2.40. The molecular weight excluding hydrogens is 320 g/mol. The van der Waals surface area contributed by atoms with Crippen molar-refractivity contribution >= 4 is 17.6 Å². The molecule has 25 heavy (non-hydrogen) atoms. The number of hydrogen-bond donors (Lipinski definition) is 1. The van der Waals surface area contributed by atoms with Gasteiger partial charge in [-0.05, 0) is 42.5 Å². The second kappa shape index (κ2) is 5.88. The molecule has 1 N–H and O–H groups in total. The van der Waals surface area contributed by atoms with Gasteiger partial charge in [-0.3, -0.25) is 14.5 Å². The van der Waals surface area contributed by atoms with Gasteiger partial charge in [-0.1, -0.05) is 18.2 Å². The predicted molar refractivity (Wildman–Crippen MR) is 91.8 cm³/mol. The Balaban J connectivity index is 1.80. The van der Waals surface area contributed by atoms with Gasteiger partial charge in [0.05, 0.1) is 7.11 Å². The lowest BCUT2D eigenvalue weighted by atomic mass is 10.1. The molecule has 1 amide bonds. The fourth-order valence-corrected chi connectivity index (χ4v) is 3.76. The van der Waals surface area contributed by atoms with Gasteiger partial charge in [-0.2, -0.15) is 0 Å². The monoisotopic (exact) mass is 338 g/mol. The van der Waals surface area contributed by atoms with Crippen molar-refractivity contribution in [3.8, 4) is 0 Å². The number of fused-ring (bicyclic) bond motifs is 2. The summed E-state index contributed by atoms with van der Waals surface area (Å²) in [7, 11) is 1.30. The number of benzene rings is 1. The quantitative estimate of drug-likeness (QED) is 0.844. The highest BCUT2D eigenvalue weighted by molar-refractivity contribution is 6.11. The summed E-state index contributed by atoms with van der Waals surface area (Å²) in [6.07, 6.45) is 3.04. The summed E-state index contributed by atoms with van der Waals surface area (Å²) < 4.78 is 4.87. The van der Waals surface area contributed by atoms with Crippen molar-refractivity contribution in [1.29, 1.82) is 0 Å². The number of nitrogens with zero attached hydrogens (tertiary/aromatic N) is 1. The Kier molecular flexibility index (Phi) is 3.67. The van der Waals surface area contributed by atoms with Gasteiger partial charge in [0.15, 0.2) is 0 Å². The number of aromatic amines is 1. The molecule has 0 saturated heterocycles. The molecule has 6 nitrogen and oxygen atoms in total. The molecule has 1 aromatic carbocycles. The summed E-state index contributed by atoms with van der Waals surface area (Å²) in [5.41, 5.74) is 3.13. The van der Waals surface area contributed by atoms with Gasteiger partial charge < -0.3 is 9.72 Å². The third kappa shape index (κ3) is 2.45. The van der Waals surface area contributed by atoms with Crippen LogP contribution in [0.25, 0.3) is 0 Å². The minimum atomic E-state index is -0.748. The number of ether oxygens (including phenoxy) is 1. The van der Waals surface area contributed by atoms with Crippen molar-refractivity contribution in [3.05, 3.63) is 63.1 Å². The summed E-state index contributed by atoms with van der Waals surface area (Å²) in [4.78, 5) is 42.0. The van der Waals surface area contributed by atoms with Gasteiger partial charge >= 0.3 is 5.97 Å². The van der Waals surface area contributed by atoms with E-state index in [9.17, 15) is 14.4 Å². The number of methoxy groups -OCH3 is 1. The number of para-hydroxylation sites is 1. The Morgan fingerprint density at radius 3 is 2.80 bits per heavy atom. The Morgan fingerprint density at radius 1 is 1.20 bits per heavy atom. The minimum Gasteiger partial charge on any atom is -0.467 e. The van der Waals surface area contributed by atoms with Crippen LogP contribution in [0.5, 0.6) is 0 Å². The molecule has 1 aromatic heterocycles. The predicted octanol–water partition coefficient (Wildman–Crippen LogP) is 1.61. The molecule has 0 fully saturated rings. The third-order valence-electron chi connectivity index (χ3n) is 4.99. The Hall–Kier alpha value is -2.89. The molecule has 2 aromatic rings. The molecule has 2 aliphatic rings. The smallest absolute Gasteiger partial charge is 0.329 e. The van der Waals surface area contributed by atoms with E-state index < -0.39 is 23.5 Å². The average molecular weight is 338 g/mol. The maximum Gasteiger partial charge on any atom is 0.329 e. The lowest BCUT2D eigenvalue weighted by Crippen LogP contribution is -2.45. The zero-order chi connectivity index (χ0) is 17.6. The van der Waals surface area contributed by atoms with Crippen LogP contribution in [-0.4, -0.2) is 30.0 Å². The number of carbonyl (C=O) groups is 2. The Morgan fingerprint density at radius 2 is 2.00 bits per heavy atom. The average Bonchev–Trinajstić information content (AvgIpc) is 3.23. The molecule has 0 spiro atoms. The highest BCUT2D eigenvalue weighted by Crippen LogP contribution is 2.33. The number of nitrogens with one attached hydrogen (secondary N) is 1. The van der Waals surface area contributed by atoms with E-state index in [-0.39, 0.29) is 5.56 Å². The fourth-order valence-electron chi connectivity index (χ4n) is 3.76. The lowest BCUT2D eigenvalue weighted by Gasteiger charge is -2.23. The summed E-state index contributed by atoms with van der Waals surface area (Å²) in [6.45, 7) is 0. The highest BCUT2D eigenvalue weighted by atomic mass is 16.5. The number of esters is 1. The van der Waals surface area contributed by atoms with Crippen molar-refractivity contribution in [2.75, 3.05) is 12.0 Å². The van der Waals surface area contributed by atoms with E-state index in [0.717, 1.165) is 36.1 Å². The van der Waals surface area contributed by atoms with Gasteiger partial charge in [0.1, 0.15) is 11.6 Å². The fraction of sp³-hybridized carbons (Fsp3) is 0.316. The standard InChI is InChI=1S/C19H18N2O4/c1-25-19(24)16-10-12-5-2-3-8-15(12)21(16)18(23)13-9-11-6-4-7-14(11)20-17(13)22/h2-3,5,8-9,16H,4,6-7,10H2,1H3,(H,20,22)/t16-/m0/s1. The van der Waals surface area contributed by atoms with Crippen LogP contribution in [0.4, 0.5) is 5.69 Å². The summed E-state index contributed by atoms with van der Waals surface area (Å²) in [5, 5.41) is 0. The van der Waals surface area contributed by atoms with Crippen LogP contribution < -0.4 is 10.5 Å². The topological polar surface area (TPSA) is 79.5 Å².